The molecular weight excluding hydrogens is 424 g/mol. The van der Waals surface area contributed by atoms with Gasteiger partial charge >= 0.3 is 5.97 Å². The molecule has 32 heavy (non-hydrogen) atoms. The summed E-state index contributed by atoms with van der Waals surface area (Å²) < 4.78 is 10.8. The number of aromatic hydroxyl groups is 6. The largest absolute Gasteiger partial charge is 0.508 e. The molecule has 0 aliphatic carbocycles. The zero-order valence-electron chi connectivity index (χ0n) is 15.9. The molecule has 10 heteroatoms. The van der Waals surface area contributed by atoms with Crippen molar-refractivity contribution in [1.82, 2.24) is 0 Å². The van der Waals surface area contributed by atoms with Gasteiger partial charge in [0.15, 0.2) is 23.0 Å². The van der Waals surface area contributed by atoms with Gasteiger partial charge in [-0.25, -0.2) is 4.79 Å². The Morgan fingerprint density at radius 3 is 2.03 bits per heavy atom. The minimum absolute atomic E-state index is 0.0282. The van der Waals surface area contributed by atoms with Crippen molar-refractivity contribution >= 4 is 16.9 Å². The van der Waals surface area contributed by atoms with E-state index in [9.17, 15) is 40.2 Å². The number of fused-ring (bicyclic) bond motifs is 1. The Kier molecular flexibility index (Phi) is 4.74. The molecular formula is C22H14O10. The van der Waals surface area contributed by atoms with Crippen molar-refractivity contribution in [2.75, 3.05) is 0 Å². The summed E-state index contributed by atoms with van der Waals surface area (Å²) in [6, 6.07) is 8.76. The first-order valence-electron chi connectivity index (χ1n) is 8.95. The van der Waals surface area contributed by atoms with Gasteiger partial charge in [-0.1, -0.05) is 0 Å². The monoisotopic (exact) mass is 438 g/mol. The number of ether oxygens (including phenoxy) is 1. The zero-order chi connectivity index (χ0) is 23.2. The van der Waals surface area contributed by atoms with E-state index < -0.39 is 57.0 Å². The maximum Gasteiger partial charge on any atom is 0.343 e. The number of hydrogen-bond acceptors (Lipinski definition) is 10. The SMILES string of the molecule is O=C(Oc1c(-c2cc(O)c(O)c(O)c2)oc2cc(O)cc(O)c2c1=O)c1ccc(O)cc1. The lowest BCUT2D eigenvalue weighted by atomic mass is 10.1. The van der Waals surface area contributed by atoms with E-state index in [2.05, 4.69) is 0 Å². The van der Waals surface area contributed by atoms with Crippen LogP contribution in [-0.2, 0) is 0 Å². The molecule has 0 amide bonds. The number of rotatable bonds is 3. The molecule has 4 aromatic rings. The minimum Gasteiger partial charge on any atom is -0.508 e. The van der Waals surface area contributed by atoms with Gasteiger partial charge in [0, 0.05) is 17.7 Å². The van der Waals surface area contributed by atoms with Crippen LogP contribution in [0, 0.1) is 0 Å². The number of esters is 1. The molecule has 1 heterocycles. The Balaban J connectivity index is 1.98. The molecule has 162 valence electrons. The number of carbonyl (C=O) groups is 1. The first kappa shape index (κ1) is 20.4. The summed E-state index contributed by atoms with van der Waals surface area (Å²) in [7, 11) is 0. The highest BCUT2D eigenvalue weighted by molar-refractivity contribution is 5.94. The molecule has 0 radical (unpaired) electrons. The molecule has 0 unspecified atom stereocenters. The van der Waals surface area contributed by atoms with Crippen LogP contribution >= 0.6 is 0 Å². The average molecular weight is 438 g/mol. The van der Waals surface area contributed by atoms with Gasteiger partial charge in [-0.05, 0) is 36.4 Å². The quantitative estimate of drug-likeness (QED) is 0.206. The highest BCUT2D eigenvalue weighted by Crippen LogP contribution is 2.42. The Morgan fingerprint density at radius 2 is 1.41 bits per heavy atom. The lowest BCUT2D eigenvalue weighted by molar-refractivity contribution is 0.0731. The minimum atomic E-state index is -1.01. The molecule has 6 N–H and O–H groups in total. The third kappa shape index (κ3) is 3.45. The van der Waals surface area contributed by atoms with Crippen molar-refractivity contribution in [2.45, 2.75) is 0 Å². The van der Waals surface area contributed by atoms with E-state index in [1.807, 2.05) is 0 Å². The summed E-state index contributed by atoms with van der Waals surface area (Å²) in [5.41, 5.74) is -1.45. The molecule has 0 bridgehead atoms. The zero-order valence-corrected chi connectivity index (χ0v) is 15.9. The first-order valence-corrected chi connectivity index (χ1v) is 8.95. The van der Waals surface area contributed by atoms with E-state index in [1.54, 1.807) is 0 Å². The van der Waals surface area contributed by atoms with E-state index >= 15 is 0 Å². The number of phenols is 6. The fraction of sp³-hybridized carbons (Fsp3) is 0. The highest BCUT2D eigenvalue weighted by atomic mass is 16.5. The van der Waals surface area contributed by atoms with Gasteiger partial charge in [-0.15, -0.1) is 0 Å². The third-order valence-electron chi connectivity index (χ3n) is 4.55. The summed E-state index contributed by atoms with van der Waals surface area (Å²) in [6.45, 7) is 0. The molecule has 3 aromatic carbocycles. The number of benzene rings is 3. The fourth-order valence-corrected chi connectivity index (χ4v) is 3.04. The van der Waals surface area contributed by atoms with Crippen molar-refractivity contribution in [3.05, 3.63) is 64.3 Å². The van der Waals surface area contributed by atoms with Crippen LogP contribution in [0.15, 0.2) is 57.7 Å². The lowest BCUT2D eigenvalue weighted by Crippen LogP contribution is -2.16. The van der Waals surface area contributed by atoms with Crippen LogP contribution in [0.3, 0.4) is 0 Å². The van der Waals surface area contributed by atoms with Crippen molar-refractivity contribution in [2.24, 2.45) is 0 Å². The molecule has 0 atom stereocenters. The van der Waals surface area contributed by atoms with Gasteiger partial charge in [0.25, 0.3) is 0 Å². The maximum atomic E-state index is 13.1. The van der Waals surface area contributed by atoms with Crippen LogP contribution in [0.1, 0.15) is 10.4 Å². The van der Waals surface area contributed by atoms with E-state index in [-0.39, 0.29) is 22.5 Å². The molecule has 0 fully saturated rings. The Labute approximate surface area is 178 Å². The number of phenolic OH excluding ortho intramolecular Hbond substituents is 6. The molecule has 0 spiro atoms. The number of carbonyl (C=O) groups excluding carboxylic acids is 1. The summed E-state index contributed by atoms with van der Waals surface area (Å²) in [5, 5.41) is 58.1. The van der Waals surface area contributed by atoms with Crippen LogP contribution in [0.5, 0.6) is 40.2 Å². The van der Waals surface area contributed by atoms with Crippen LogP contribution < -0.4 is 10.2 Å². The van der Waals surface area contributed by atoms with Gasteiger partial charge in [-0.3, -0.25) is 4.79 Å². The summed E-state index contributed by atoms with van der Waals surface area (Å²) in [5.74, 6) is -5.64. The van der Waals surface area contributed by atoms with Crippen LogP contribution in [0.25, 0.3) is 22.3 Å². The standard InChI is InChI=1S/C22H14O10/c23-11-3-1-9(2-4-11)22(30)32-21-19(29)17-13(25)7-12(24)8-16(17)31-20(21)10-5-14(26)18(28)15(27)6-10/h1-8,23-28H. The smallest absolute Gasteiger partial charge is 0.343 e. The predicted octanol–water partition coefficient (Wildman–Crippen LogP) is 2.91. The van der Waals surface area contributed by atoms with E-state index in [1.165, 1.54) is 24.3 Å². The van der Waals surface area contributed by atoms with Crippen LogP contribution in [0.2, 0.25) is 0 Å². The van der Waals surface area contributed by atoms with Gasteiger partial charge in [0.05, 0.1) is 5.56 Å². The molecule has 0 aliphatic rings. The number of hydrogen-bond donors (Lipinski definition) is 6. The summed E-state index contributed by atoms with van der Waals surface area (Å²) in [6.07, 6.45) is 0. The fourth-order valence-electron chi connectivity index (χ4n) is 3.04. The van der Waals surface area contributed by atoms with Crippen molar-refractivity contribution in [1.29, 1.82) is 0 Å². The van der Waals surface area contributed by atoms with Crippen LogP contribution in [-0.4, -0.2) is 36.6 Å². The molecule has 1 aromatic heterocycles. The molecule has 10 nitrogen and oxygen atoms in total. The highest BCUT2D eigenvalue weighted by Gasteiger charge is 2.25. The normalized spacial score (nSPS) is 10.9. The van der Waals surface area contributed by atoms with E-state index in [0.717, 1.165) is 24.3 Å². The average Bonchev–Trinajstić information content (AvgIpc) is 2.73. The predicted molar refractivity (Wildman–Crippen MR) is 109 cm³/mol. The molecule has 0 saturated carbocycles. The van der Waals surface area contributed by atoms with Crippen LogP contribution in [0.4, 0.5) is 0 Å². The second-order valence-corrected chi connectivity index (χ2v) is 6.73. The third-order valence-corrected chi connectivity index (χ3v) is 4.55. The van der Waals surface area contributed by atoms with Gasteiger partial charge in [-0.2, -0.15) is 0 Å². The Hall–Kier alpha value is -4.86. The molecule has 0 saturated heterocycles. The topological polar surface area (TPSA) is 178 Å². The van der Waals surface area contributed by atoms with Crippen molar-refractivity contribution in [3.8, 4) is 51.6 Å². The van der Waals surface area contributed by atoms with Gasteiger partial charge < -0.3 is 39.8 Å². The maximum absolute atomic E-state index is 13.1. The van der Waals surface area contributed by atoms with Crippen molar-refractivity contribution < 1.29 is 44.6 Å². The second kappa shape index (κ2) is 7.43. The van der Waals surface area contributed by atoms with Gasteiger partial charge in [0.2, 0.25) is 11.2 Å². The summed E-state index contributed by atoms with van der Waals surface area (Å²) >= 11 is 0. The van der Waals surface area contributed by atoms with Gasteiger partial charge in [0.1, 0.15) is 28.2 Å². The summed E-state index contributed by atoms with van der Waals surface area (Å²) in [4.78, 5) is 25.7. The first-order chi connectivity index (χ1) is 15.2. The Morgan fingerprint density at radius 1 is 0.781 bits per heavy atom. The molecule has 4 rings (SSSR count). The second-order valence-electron chi connectivity index (χ2n) is 6.73. The van der Waals surface area contributed by atoms with E-state index in [4.69, 9.17) is 9.15 Å². The lowest BCUT2D eigenvalue weighted by Gasteiger charge is -2.12. The Bertz CT molecular complexity index is 1410. The van der Waals surface area contributed by atoms with Crippen molar-refractivity contribution in [3.63, 3.8) is 0 Å². The molecule has 0 aliphatic heterocycles. The van der Waals surface area contributed by atoms with E-state index in [0.29, 0.717) is 0 Å².